The largest absolute Gasteiger partial charge is 0.416 e. The van der Waals surface area contributed by atoms with Crippen molar-refractivity contribution in [3.05, 3.63) is 59.7 Å². The summed E-state index contributed by atoms with van der Waals surface area (Å²) in [5.74, 6) is -0.330. The van der Waals surface area contributed by atoms with Crippen LogP contribution in [0.5, 0.6) is 0 Å². The van der Waals surface area contributed by atoms with Crippen molar-refractivity contribution in [2.24, 2.45) is 0 Å². The number of carbonyl (C=O) groups excluding carboxylic acids is 1. The van der Waals surface area contributed by atoms with E-state index in [-0.39, 0.29) is 11.6 Å². The van der Waals surface area contributed by atoms with Gasteiger partial charge in [0.15, 0.2) is 0 Å². The number of nitrogens with one attached hydrogen (secondary N) is 1. The average molecular weight is 320 g/mol. The molecule has 0 aliphatic carbocycles. The Bertz CT molecular complexity index is 768. The minimum absolute atomic E-state index is 0.205. The maximum atomic E-state index is 12.9. The number of rotatable bonds is 1. The van der Waals surface area contributed by atoms with E-state index in [1.54, 1.807) is 38.1 Å². The first-order valence-corrected chi connectivity index (χ1v) is 7.09. The Labute approximate surface area is 131 Å². The van der Waals surface area contributed by atoms with E-state index in [1.807, 2.05) is 0 Å². The molecule has 3 nitrogen and oxygen atoms in total. The second-order valence-electron chi connectivity index (χ2n) is 5.92. The van der Waals surface area contributed by atoms with Gasteiger partial charge < -0.3 is 5.32 Å². The Kier molecular flexibility index (Phi) is 3.35. The van der Waals surface area contributed by atoms with Crippen LogP contribution in [0.2, 0.25) is 0 Å². The summed E-state index contributed by atoms with van der Waals surface area (Å²) in [5, 5.41) is 3.20. The molecule has 0 unspecified atom stereocenters. The summed E-state index contributed by atoms with van der Waals surface area (Å²) in [6, 6.07) is 11.8. The van der Waals surface area contributed by atoms with Crippen molar-refractivity contribution in [3.8, 4) is 0 Å². The smallest absolute Gasteiger partial charge is 0.362 e. The van der Waals surface area contributed by atoms with Crippen LogP contribution in [0.3, 0.4) is 0 Å². The number of carbonyl (C=O) groups is 1. The second kappa shape index (κ2) is 5.01. The molecule has 3 rings (SSSR count). The Balaban J connectivity index is 2.11. The van der Waals surface area contributed by atoms with Crippen LogP contribution in [0.15, 0.2) is 48.5 Å². The first kappa shape index (κ1) is 15.4. The molecule has 1 aliphatic rings. The molecule has 0 fully saturated rings. The highest BCUT2D eigenvalue weighted by molar-refractivity contribution is 6.12. The minimum Gasteiger partial charge on any atom is -0.362 e. The first-order valence-electron chi connectivity index (χ1n) is 7.09. The van der Waals surface area contributed by atoms with Crippen molar-refractivity contribution >= 4 is 17.3 Å². The fraction of sp³-hybridized carbons (Fsp3) is 0.235. The molecular formula is C17H15F3N2O. The van der Waals surface area contributed by atoms with Crippen LogP contribution < -0.4 is 10.2 Å². The van der Waals surface area contributed by atoms with Gasteiger partial charge in [0, 0.05) is 11.4 Å². The normalized spacial score (nSPS) is 16.7. The number of halogens is 3. The second-order valence-corrected chi connectivity index (χ2v) is 5.92. The molecule has 0 radical (unpaired) electrons. The average Bonchev–Trinajstić information content (AvgIpc) is 2.46. The molecule has 120 valence electrons. The van der Waals surface area contributed by atoms with Crippen molar-refractivity contribution in [2.75, 3.05) is 10.2 Å². The molecule has 2 aromatic rings. The number of benzene rings is 2. The Morgan fingerprint density at radius 1 is 1.04 bits per heavy atom. The van der Waals surface area contributed by atoms with Gasteiger partial charge in [-0.15, -0.1) is 0 Å². The van der Waals surface area contributed by atoms with Gasteiger partial charge in [-0.25, -0.2) is 0 Å². The zero-order valence-corrected chi connectivity index (χ0v) is 12.6. The lowest BCUT2D eigenvalue weighted by atomic mass is 10.0. The van der Waals surface area contributed by atoms with Gasteiger partial charge >= 0.3 is 6.18 Å². The molecule has 2 aromatic carbocycles. The number of hydrogen-bond acceptors (Lipinski definition) is 2. The number of nitrogens with zero attached hydrogens (tertiary/aromatic N) is 1. The Morgan fingerprint density at radius 2 is 1.74 bits per heavy atom. The van der Waals surface area contributed by atoms with Crippen molar-refractivity contribution < 1.29 is 18.0 Å². The lowest BCUT2D eigenvalue weighted by Gasteiger charge is -2.44. The fourth-order valence-electron chi connectivity index (χ4n) is 2.80. The van der Waals surface area contributed by atoms with E-state index >= 15 is 0 Å². The van der Waals surface area contributed by atoms with Gasteiger partial charge in [0.25, 0.3) is 5.91 Å². The zero-order valence-electron chi connectivity index (χ0n) is 12.6. The van der Waals surface area contributed by atoms with E-state index in [4.69, 9.17) is 0 Å². The molecule has 0 bridgehead atoms. The van der Waals surface area contributed by atoms with E-state index in [0.717, 1.165) is 12.1 Å². The monoisotopic (exact) mass is 320 g/mol. The summed E-state index contributed by atoms with van der Waals surface area (Å²) in [4.78, 5) is 14.2. The summed E-state index contributed by atoms with van der Waals surface area (Å²) < 4.78 is 38.8. The highest BCUT2D eigenvalue weighted by atomic mass is 19.4. The van der Waals surface area contributed by atoms with Crippen LogP contribution in [0.1, 0.15) is 29.8 Å². The standard InChI is InChI=1S/C17H15F3N2O/c1-16(2)21-14-9-4-3-8-13(14)15(23)22(16)12-7-5-6-11(10-12)17(18,19)20/h3-10,21H,1-2H3. The van der Waals surface area contributed by atoms with Gasteiger partial charge in [0.05, 0.1) is 11.1 Å². The first-order chi connectivity index (χ1) is 10.7. The van der Waals surface area contributed by atoms with Crippen LogP contribution in [-0.2, 0) is 6.18 Å². The highest BCUT2D eigenvalue weighted by Gasteiger charge is 2.39. The minimum atomic E-state index is -4.45. The van der Waals surface area contributed by atoms with E-state index < -0.39 is 17.4 Å². The van der Waals surface area contributed by atoms with Crippen LogP contribution in [0, 0.1) is 0 Å². The summed E-state index contributed by atoms with van der Waals surface area (Å²) in [7, 11) is 0. The third-order valence-electron chi connectivity index (χ3n) is 3.79. The van der Waals surface area contributed by atoms with Crippen molar-refractivity contribution in [1.29, 1.82) is 0 Å². The summed E-state index contributed by atoms with van der Waals surface area (Å²) in [6.07, 6.45) is -4.45. The van der Waals surface area contributed by atoms with Gasteiger partial charge in [0.2, 0.25) is 0 Å². The molecule has 0 spiro atoms. The number of fused-ring (bicyclic) bond motifs is 1. The third-order valence-corrected chi connectivity index (χ3v) is 3.79. The molecule has 1 N–H and O–H groups in total. The number of para-hydroxylation sites is 1. The Hall–Kier alpha value is -2.50. The van der Waals surface area contributed by atoms with Gasteiger partial charge in [-0.1, -0.05) is 18.2 Å². The van der Waals surface area contributed by atoms with Crippen LogP contribution in [-0.4, -0.2) is 11.6 Å². The SMILES string of the molecule is CC1(C)Nc2ccccc2C(=O)N1c1cccc(C(F)(F)F)c1. The van der Waals surface area contributed by atoms with E-state index in [2.05, 4.69) is 5.32 Å². The van der Waals surface area contributed by atoms with E-state index in [1.165, 1.54) is 17.0 Å². The summed E-state index contributed by atoms with van der Waals surface area (Å²) >= 11 is 0. The molecule has 1 amide bonds. The van der Waals surface area contributed by atoms with Crippen molar-refractivity contribution in [1.82, 2.24) is 0 Å². The van der Waals surface area contributed by atoms with Gasteiger partial charge in [-0.3, -0.25) is 9.69 Å². The molecule has 1 aliphatic heterocycles. The molecule has 0 aromatic heterocycles. The topological polar surface area (TPSA) is 32.3 Å². The number of alkyl halides is 3. The molecule has 0 saturated carbocycles. The lowest BCUT2D eigenvalue weighted by Crippen LogP contribution is -2.56. The van der Waals surface area contributed by atoms with Crippen LogP contribution in [0.25, 0.3) is 0 Å². The lowest BCUT2D eigenvalue weighted by molar-refractivity contribution is -0.137. The van der Waals surface area contributed by atoms with Crippen LogP contribution >= 0.6 is 0 Å². The van der Waals surface area contributed by atoms with E-state index in [9.17, 15) is 18.0 Å². The van der Waals surface area contributed by atoms with Gasteiger partial charge in [-0.05, 0) is 44.2 Å². The molecular weight excluding hydrogens is 305 g/mol. The van der Waals surface area contributed by atoms with Crippen molar-refractivity contribution in [3.63, 3.8) is 0 Å². The predicted octanol–water partition coefficient (Wildman–Crippen LogP) is 4.51. The zero-order chi connectivity index (χ0) is 16.8. The molecule has 6 heteroatoms. The van der Waals surface area contributed by atoms with E-state index in [0.29, 0.717) is 11.3 Å². The quantitative estimate of drug-likeness (QED) is 0.838. The van der Waals surface area contributed by atoms with Crippen LogP contribution in [0.4, 0.5) is 24.5 Å². The molecule has 23 heavy (non-hydrogen) atoms. The number of amides is 1. The maximum absolute atomic E-state index is 12.9. The van der Waals surface area contributed by atoms with Crippen molar-refractivity contribution in [2.45, 2.75) is 25.7 Å². The maximum Gasteiger partial charge on any atom is 0.416 e. The molecule has 0 atom stereocenters. The predicted molar refractivity (Wildman–Crippen MR) is 82.4 cm³/mol. The fourth-order valence-corrected chi connectivity index (χ4v) is 2.80. The number of hydrogen-bond donors (Lipinski definition) is 1. The molecule has 1 heterocycles. The summed E-state index contributed by atoms with van der Waals surface area (Å²) in [5.41, 5.74) is -0.320. The number of anilines is 2. The van der Waals surface area contributed by atoms with Gasteiger partial charge in [-0.2, -0.15) is 13.2 Å². The van der Waals surface area contributed by atoms with Gasteiger partial charge in [0.1, 0.15) is 5.66 Å². The highest BCUT2D eigenvalue weighted by Crippen LogP contribution is 2.37. The Morgan fingerprint density at radius 3 is 2.43 bits per heavy atom. The third kappa shape index (κ3) is 2.65. The summed E-state index contributed by atoms with van der Waals surface area (Å²) in [6.45, 7) is 3.50. The molecule has 0 saturated heterocycles.